The molecule has 0 bridgehead atoms. The number of amides is 3. The maximum Gasteiger partial charge on any atom is 0.290 e. The molecule has 188 valence electrons. The molecule has 0 radical (unpaired) electrons. The molecule has 0 saturated heterocycles. The lowest BCUT2D eigenvalue weighted by atomic mass is 10.2. The molecule has 1 aliphatic heterocycles. The Kier molecular flexibility index (Phi) is 9.40. The Labute approximate surface area is 221 Å². The summed E-state index contributed by atoms with van der Waals surface area (Å²) in [5.74, 6) is -1.95. The average molecular weight is 613 g/mol. The number of anilines is 1. The number of thiazole rings is 1. The Hall–Kier alpha value is -2.78. The highest BCUT2D eigenvalue weighted by atomic mass is 127. The van der Waals surface area contributed by atoms with Gasteiger partial charge in [0.1, 0.15) is 6.04 Å². The van der Waals surface area contributed by atoms with Gasteiger partial charge in [-0.2, -0.15) is 0 Å². The van der Waals surface area contributed by atoms with E-state index in [4.69, 9.17) is 0 Å². The van der Waals surface area contributed by atoms with Gasteiger partial charge < -0.3 is 31.0 Å². The van der Waals surface area contributed by atoms with Crippen molar-refractivity contribution in [2.45, 2.75) is 23.4 Å². The van der Waals surface area contributed by atoms with E-state index in [9.17, 15) is 19.6 Å². The third-order valence-electron chi connectivity index (χ3n) is 5.31. The molecule has 11 nitrogen and oxygen atoms in total. The number of aromatic nitrogens is 1. The summed E-state index contributed by atoms with van der Waals surface area (Å²) in [4.78, 5) is 47.1. The lowest BCUT2D eigenvalue weighted by molar-refractivity contribution is -0.130. The minimum Gasteiger partial charge on any atom is -0.409 e. The second kappa shape index (κ2) is 12.3. The topological polar surface area (TPSA) is 139 Å². The van der Waals surface area contributed by atoms with Gasteiger partial charge in [-0.15, -0.1) is 11.3 Å². The van der Waals surface area contributed by atoms with Gasteiger partial charge >= 0.3 is 0 Å². The Balaban J connectivity index is 1.64. The summed E-state index contributed by atoms with van der Waals surface area (Å²) in [5, 5.41) is 20.6. The van der Waals surface area contributed by atoms with Crippen molar-refractivity contribution in [2.75, 3.05) is 39.5 Å². The van der Waals surface area contributed by atoms with E-state index in [2.05, 4.69) is 53.6 Å². The number of halogens is 1. The van der Waals surface area contributed by atoms with Crippen LogP contribution in [0.25, 0.3) is 0 Å². The molecule has 1 aromatic heterocycles. The Morgan fingerprint density at radius 3 is 2.63 bits per heavy atom. The molecular formula is C22H28IN7O4S. The number of oxime groups is 1. The van der Waals surface area contributed by atoms with E-state index in [0.29, 0.717) is 5.69 Å². The standard InChI is InChI=1S/C22H28IN7O4S/c1-29(2)22(33)16(26-20(32)21-27-15-8-9-30(3)12-17(15)35-21)11-24-19(31)18(28-34)25-14-6-4-13(10-23)5-7-14/h4-7,16,34H,8-12H2,1-3H3,(H,24,31)(H,25,28)(H,26,32). The number of likely N-dealkylation sites (N-methyl/N-ethyl adjacent to an activating group) is 2. The SMILES string of the molecule is CN1CCc2nc(C(=O)NC(CNC(=O)/C(=N/O)Nc3ccc(CI)cc3)C(=O)N(C)C)sc2C1. The van der Waals surface area contributed by atoms with Crippen LogP contribution >= 0.6 is 33.9 Å². The minimum absolute atomic E-state index is 0.204. The second-order valence-electron chi connectivity index (χ2n) is 8.25. The average Bonchev–Trinajstić information content (AvgIpc) is 3.28. The summed E-state index contributed by atoms with van der Waals surface area (Å²) < 4.78 is 0.840. The van der Waals surface area contributed by atoms with Crippen molar-refractivity contribution in [1.82, 2.24) is 25.4 Å². The number of nitrogens with one attached hydrogen (secondary N) is 3. The van der Waals surface area contributed by atoms with Crippen LogP contribution in [0.3, 0.4) is 0 Å². The zero-order valence-corrected chi connectivity index (χ0v) is 22.6. The van der Waals surface area contributed by atoms with Crippen LogP contribution in [-0.2, 0) is 27.0 Å². The third kappa shape index (κ3) is 7.11. The maximum absolute atomic E-state index is 12.9. The molecule has 35 heavy (non-hydrogen) atoms. The van der Waals surface area contributed by atoms with E-state index in [1.807, 2.05) is 19.2 Å². The lowest BCUT2D eigenvalue weighted by Crippen LogP contribution is -2.53. The predicted molar refractivity (Wildman–Crippen MR) is 142 cm³/mol. The first-order valence-corrected chi connectivity index (χ1v) is 13.2. The van der Waals surface area contributed by atoms with E-state index in [1.165, 1.54) is 16.2 Å². The number of carbonyl (C=O) groups excluding carboxylic acids is 3. The first-order chi connectivity index (χ1) is 16.7. The van der Waals surface area contributed by atoms with Crippen LogP contribution in [-0.4, -0.2) is 83.8 Å². The van der Waals surface area contributed by atoms with Crippen LogP contribution in [0.1, 0.15) is 25.9 Å². The van der Waals surface area contributed by atoms with Gasteiger partial charge in [0.2, 0.25) is 11.7 Å². The molecule has 1 aliphatic rings. The molecule has 0 saturated carbocycles. The van der Waals surface area contributed by atoms with Crippen LogP contribution in [0.4, 0.5) is 5.69 Å². The molecule has 4 N–H and O–H groups in total. The maximum atomic E-state index is 12.9. The van der Waals surface area contributed by atoms with E-state index >= 15 is 0 Å². The number of fused-ring (bicyclic) bond motifs is 1. The highest BCUT2D eigenvalue weighted by molar-refractivity contribution is 14.1. The van der Waals surface area contributed by atoms with Crippen molar-refractivity contribution in [3.63, 3.8) is 0 Å². The number of hydrogen-bond donors (Lipinski definition) is 4. The molecule has 13 heteroatoms. The summed E-state index contributed by atoms with van der Waals surface area (Å²) in [6.07, 6.45) is 0.767. The van der Waals surface area contributed by atoms with Crippen molar-refractivity contribution in [3.05, 3.63) is 45.4 Å². The van der Waals surface area contributed by atoms with E-state index < -0.39 is 23.8 Å². The fourth-order valence-corrected chi connectivity index (χ4v) is 4.97. The van der Waals surface area contributed by atoms with Crippen molar-refractivity contribution in [3.8, 4) is 0 Å². The monoisotopic (exact) mass is 613 g/mol. The summed E-state index contributed by atoms with van der Waals surface area (Å²) in [6, 6.07) is 6.26. The number of alkyl halides is 1. The predicted octanol–water partition coefficient (Wildman–Crippen LogP) is 1.27. The van der Waals surface area contributed by atoms with Gasteiger partial charge in [-0.05, 0) is 24.7 Å². The zero-order chi connectivity index (χ0) is 25.5. The summed E-state index contributed by atoms with van der Waals surface area (Å²) in [5.41, 5.74) is 2.58. The van der Waals surface area contributed by atoms with Gasteiger partial charge in [-0.1, -0.05) is 39.9 Å². The van der Waals surface area contributed by atoms with E-state index in [1.54, 1.807) is 26.2 Å². The van der Waals surface area contributed by atoms with Crippen LogP contribution in [0, 0.1) is 0 Å². The van der Waals surface area contributed by atoms with Gasteiger partial charge in [0.25, 0.3) is 11.8 Å². The van der Waals surface area contributed by atoms with Crippen molar-refractivity contribution >= 4 is 63.2 Å². The summed E-state index contributed by atoms with van der Waals surface area (Å²) >= 11 is 3.55. The lowest BCUT2D eigenvalue weighted by Gasteiger charge is -2.21. The first kappa shape index (κ1) is 26.8. The molecule has 0 aliphatic carbocycles. The number of benzene rings is 1. The molecule has 2 heterocycles. The summed E-state index contributed by atoms with van der Waals surface area (Å²) in [6.45, 7) is 1.40. The van der Waals surface area contributed by atoms with Gasteiger partial charge in [0.05, 0.1) is 5.69 Å². The Bertz CT molecular complexity index is 1100. The largest absolute Gasteiger partial charge is 0.409 e. The Morgan fingerprint density at radius 1 is 1.29 bits per heavy atom. The van der Waals surface area contributed by atoms with Crippen LogP contribution < -0.4 is 16.0 Å². The number of rotatable bonds is 7. The van der Waals surface area contributed by atoms with Crippen LogP contribution in [0.5, 0.6) is 0 Å². The van der Waals surface area contributed by atoms with E-state index in [0.717, 1.165) is 40.1 Å². The second-order valence-corrected chi connectivity index (χ2v) is 10.1. The van der Waals surface area contributed by atoms with Crippen LogP contribution in [0.15, 0.2) is 29.4 Å². The first-order valence-electron chi connectivity index (χ1n) is 10.8. The summed E-state index contributed by atoms with van der Waals surface area (Å²) in [7, 11) is 5.13. The molecule has 0 spiro atoms. The Morgan fingerprint density at radius 2 is 2.00 bits per heavy atom. The fraction of sp³-hybridized carbons (Fsp3) is 0.409. The van der Waals surface area contributed by atoms with Crippen molar-refractivity contribution < 1.29 is 19.6 Å². The fourth-order valence-electron chi connectivity index (χ4n) is 3.37. The van der Waals surface area contributed by atoms with Gasteiger partial charge in [-0.25, -0.2) is 4.98 Å². The highest BCUT2D eigenvalue weighted by Gasteiger charge is 2.27. The smallest absolute Gasteiger partial charge is 0.290 e. The molecule has 1 aromatic carbocycles. The van der Waals surface area contributed by atoms with Gasteiger partial charge in [-0.3, -0.25) is 14.4 Å². The number of nitrogens with zero attached hydrogens (tertiary/aromatic N) is 4. The van der Waals surface area contributed by atoms with E-state index in [-0.39, 0.29) is 17.4 Å². The normalized spacial score (nSPS) is 14.6. The molecule has 3 rings (SSSR count). The van der Waals surface area contributed by atoms with Crippen molar-refractivity contribution in [1.29, 1.82) is 0 Å². The minimum atomic E-state index is -1.03. The number of hydrogen-bond acceptors (Lipinski definition) is 8. The molecule has 2 aromatic rings. The molecule has 1 atom stereocenters. The molecule has 1 unspecified atom stereocenters. The number of carbonyl (C=O) groups is 3. The van der Waals surface area contributed by atoms with Gasteiger partial charge in [0, 0.05) is 55.1 Å². The highest BCUT2D eigenvalue weighted by Crippen LogP contribution is 2.24. The molecular weight excluding hydrogens is 585 g/mol. The van der Waals surface area contributed by atoms with Crippen LogP contribution in [0.2, 0.25) is 0 Å². The molecule has 0 fully saturated rings. The zero-order valence-electron chi connectivity index (χ0n) is 19.7. The van der Waals surface area contributed by atoms with Gasteiger partial charge in [0.15, 0.2) is 5.01 Å². The van der Waals surface area contributed by atoms with Crippen molar-refractivity contribution in [2.24, 2.45) is 5.16 Å². The third-order valence-corrected chi connectivity index (χ3v) is 7.28. The molecule has 3 amide bonds. The quantitative estimate of drug-likeness (QED) is 0.0922. The number of amidine groups is 1.